The van der Waals surface area contributed by atoms with Crippen molar-refractivity contribution >= 4 is 23.3 Å². The number of carboxylic acid groups (broad SMARTS) is 1. The van der Waals surface area contributed by atoms with Gasteiger partial charge in [0.05, 0.1) is 11.5 Å². The van der Waals surface area contributed by atoms with Gasteiger partial charge >= 0.3 is 18.3 Å². The Morgan fingerprint density at radius 3 is 2.26 bits per heavy atom. The van der Waals surface area contributed by atoms with Crippen molar-refractivity contribution in [3.63, 3.8) is 0 Å². The maximum absolute atomic E-state index is 13.8. The molecular weight excluding hydrogens is 484 g/mol. The van der Waals surface area contributed by atoms with Crippen LogP contribution in [-0.2, 0) is 17.4 Å². The molecule has 0 fully saturated rings. The van der Waals surface area contributed by atoms with E-state index in [2.05, 4.69) is 11.9 Å². The molecule has 0 bridgehead atoms. The molecule has 0 saturated carbocycles. The molecule has 10 heteroatoms. The van der Waals surface area contributed by atoms with Gasteiger partial charge in [-0.1, -0.05) is 42.8 Å². The van der Waals surface area contributed by atoms with Crippen LogP contribution in [0.1, 0.15) is 48.1 Å². The molecule has 186 valence electrons. The second-order valence-corrected chi connectivity index (χ2v) is 8.48. The standard InChI is InChI=1S/C24H24ClF6NO2/c1-4-15(22(33)34)9-13(2)10-17-12-18(6-7-19(17)23(26,27)28)32-21(24(29,30)31)16-5-8-20(25)14(3)11-16/h5-8,11-12,15,21,32H,2,4,9-10H2,1,3H3,(H,33,34)/t15?,21-/m0/s1. The summed E-state index contributed by atoms with van der Waals surface area (Å²) in [5.41, 5.74) is -0.978. The van der Waals surface area contributed by atoms with Crippen molar-refractivity contribution in [2.24, 2.45) is 5.92 Å². The summed E-state index contributed by atoms with van der Waals surface area (Å²) in [5.74, 6) is -1.91. The topological polar surface area (TPSA) is 49.3 Å². The average Bonchev–Trinajstić information content (AvgIpc) is 2.70. The lowest BCUT2D eigenvalue weighted by Crippen LogP contribution is -2.28. The fraction of sp³-hybridized carbons (Fsp3) is 0.375. The number of rotatable bonds is 9. The summed E-state index contributed by atoms with van der Waals surface area (Å²) in [5, 5.41) is 11.8. The number of halogens is 7. The van der Waals surface area contributed by atoms with E-state index in [1.807, 2.05) is 0 Å². The SMILES string of the molecule is C=C(Cc1cc(N[C@@H](c2ccc(Cl)c(C)c2)C(F)(F)F)ccc1C(F)(F)F)CC(CC)C(=O)O. The molecular formula is C24H24ClF6NO2. The zero-order valence-electron chi connectivity index (χ0n) is 18.4. The van der Waals surface area contributed by atoms with Gasteiger partial charge in [-0.3, -0.25) is 4.79 Å². The Morgan fingerprint density at radius 2 is 1.76 bits per heavy atom. The molecule has 2 rings (SSSR count). The maximum Gasteiger partial charge on any atom is 0.416 e. The van der Waals surface area contributed by atoms with Gasteiger partial charge in [0.25, 0.3) is 0 Å². The van der Waals surface area contributed by atoms with Crippen LogP contribution in [0.2, 0.25) is 5.02 Å². The Morgan fingerprint density at radius 1 is 1.12 bits per heavy atom. The van der Waals surface area contributed by atoms with Crippen molar-refractivity contribution in [3.8, 4) is 0 Å². The van der Waals surface area contributed by atoms with Crippen LogP contribution in [-0.4, -0.2) is 17.3 Å². The van der Waals surface area contributed by atoms with Gasteiger partial charge in [-0.25, -0.2) is 0 Å². The molecule has 0 spiro atoms. The quantitative estimate of drug-likeness (QED) is 0.267. The third-order valence-corrected chi connectivity index (χ3v) is 5.81. The largest absolute Gasteiger partial charge is 0.481 e. The zero-order chi connectivity index (χ0) is 25.8. The first kappa shape index (κ1) is 27.6. The molecule has 3 nitrogen and oxygen atoms in total. The molecule has 0 aromatic heterocycles. The molecule has 2 aromatic rings. The van der Waals surface area contributed by atoms with Crippen molar-refractivity contribution in [2.45, 2.75) is 51.5 Å². The van der Waals surface area contributed by atoms with Crippen LogP contribution < -0.4 is 5.32 Å². The molecule has 2 N–H and O–H groups in total. The van der Waals surface area contributed by atoms with E-state index in [9.17, 15) is 36.2 Å². The Labute approximate surface area is 198 Å². The maximum atomic E-state index is 13.8. The summed E-state index contributed by atoms with van der Waals surface area (Å²) in [6, 6.07) is 4.23. The summed E-state index contributed by atoms with van der Waals surface area (Å²) in [6.45, 7) is 6.87. The van der Waals surface area contributed by atoms with E-state index in [-0.39, 0.29) is 46.7 Å². The second-order valence-electron chi connectivity index (χ2n) is 8.07. The number of carboxylic acids is 1. The number of benzene rings is 2. The van der Waals surface area contributed by atoms with Gasteiger partial charge in [-0.15, -0.1) is 0 Å². The van der Waals surface area contributed by atoms with E-state index < -0.39 is 35.8 Å². The number of carbonyl (C=O) groups is 1. The van der Waals surface area contributed by atoms with Crippen LogP contribution in [0.25, 0.3) is 0 Å². The number of aryl methyl sites for hydroxylation is 1. The van der Waals surface area contributed by atoms with E-state index in [0.29, 0.717) is 11.6 Å². The molecule has 0 aliphatic heterocycles. The highest BCUT2D eigenvalue weighted by Crippen LogP contribution is 2.39. The highest BCUT2D eigenvalue weighted by atomic mass is 35.5. The summed E-state index contributed by atoms with van der Waals surface area (Å²) in [7, 11) is 0. The van der Waals surface area contributed by atoms with Crippen molar-refractivity contribution in [3.05, 3.63) is 75.8 Å². The number of hydrogen-bond acceptors (Lipinski definition) is 2. The Kier molecular flexibility index (Phi) is 8.69. The van der Waals surface area contributed by atoms with E-state index >= 15 is 0 Å². The number of anilines is 1. The third-order valence-electron chi connectivity index (χ3n) is 5.38. The minimum Gasteiger partial charge on any atom is -0.481 e. The third kappa shape index (κ3) is 7.16. The normalized spacial score (nSPS) is 13.9. The summed E-state index contributed by atoms with van der Waals surface area (Å²) in [6.07, 6.45) is -9.61. The van der Waals surface area contributed by atoms with Crippen molar-refractivity contribution in [1.82, 2.24) is 0 Å². The van der Waals surface area contributed by atoms with Crippen molar-refractivity contribution in [1.29, 1.82) is 0 Å². The van der Waals surface area contributed by atoms with Crippen LogP contribution in [0, 0.1) is 12.8 Å². The number of aliphatic carboxylic acids is 1. The number of alkyl halides is 6. The molecule has 2 aromatic carbocycles. The fourth-order valence-corrected chi connectivity index (χ4v) is 3.69. The first-order valence-electron chi connectivity index (χ1n) is 10.3. The molecule has 0 saturated heterocycles. The van der Waals surface area contributed by atoms with Gasteiger partial charge in [0.1, 0.15) is 6.04 Å². The first-order valence-corrected chi connectivity index (χ1v) is 10.7. The molecule has 0 amide bonds. The highest BCUT2D eigenvalue weighted by Gasteiger charge is 2.41. The highest BCUT2D eigenvalue weighted by molar-refractivity contribution is 6.31. The lowest BCUT2D eigenvalue weighted by atomic mass is 9.92. The van der Waals surface area contributed by atoms with Gasteiger partial charge in [0, 0.05) is 10.7 Å². The first-order chi connectivity index (χ1) is 15.6. The molecule has 0 heterocycles. The second kappa shape index (κ2) is 10.7. The Bertz CT molecular complexity index is 1050. The van der Waals surface area contributed by atoms with Gasteiger partial charge in [0.15, 0.2) is 0 Å². The zero-order valence-corrected chi connectivity index (χ0v) is 19.2. The number of allylic oxidation sites excluding steroid dienone is 1. The van der Waals surface area contributed by atoms with E-state index in [1.165, 1.54) is 18.2 Å². The molecule has 0 aliphatic rings. The smallest absolute Gasteiger partial charge is 0.416 e. The summed E-state index contributed by atoms with van der Waals surface area (Å²) >= 11 is 5.90. The van der Waals surface area contributed by atoms with Gasteiger partial charge in [-0.05, 0) is 67.1 Å². The molecule has 0 aliphatic carbocycles. The van der Waals surface area contributed by atoms with Crippen LogP contribution in [0.5, 0.6) is 0 Å². The van der Waals surface area contributed by atoms with E-state index in [1.54, 1.807) is 13.8 Å². The summed E-state index contributed by atoms with van der Waals surface area (Å²) in [4.78, 5) is 11.2. The minimum absolute atomic E-state index is 0.0456. The Balaban J connectivity index is 2.42. The lowest BCUT2D eigenvalue weighted by Gasteiger charge is -2.25. The van der Waals surface area contributed by atoms with E-state index in [0.717, 1.165) is 12.1 Å². The Hall–Kier alpha value is -2.68. The van der Waals surface area contributed by atoms with Crippen LogP contribution in [0.3, 0.4) is 0 Å². The van der Waals surface area contributed by atoms with Gasteiger partial charge in [0.2, 0.25) is 0 Å². The molecule has 34 heavy (non-hydrogen) atoms. The predicted octanol–water partition coefficient (Wildman–Crippen LogP) is 7.98. The van der Waals surface area contributed by atoms with Crippen LogP contribution in [0.15, 0.2) is 48.6 Å². The predicted molar refractivity (Wildman–Crippen MR) is 119 cm³/mol. The summed E-state index contributed by atoms with van der Waals surface area (Å²) < 4.78 is 82.1. The monoisotopic (exact) mass is 507 g/mol. The minimum atomic E-state index is -4.75. The van der Waals surface area contributed by atoms with Gasteiger partial charge < -0.3 is 10.4 Å². The molecule has 0 radical (unpaired) electrons. The van der Waals surface area contributed by atoms with Crippen LogP contribution >= 0.6 is 11.6 Å². The fourth-order valence-electron chi connectivity index (χ4n) is 3.57. The van der Waals surface area contributed by atoms with Gasteiger partial charge in [-0.2, -0.15) is 26.3 Å². The molecule has 1 unspecified atom stereocenters. The number of nitrogens with one attached hydrogen (secondary N) is 1. The van der Waals surface area contributed by atoms with Crippen molar-refractivity contribution < 1.29 is 36.2 Å². The average molecular weight is 508 g/mol. The van der Waals surface area contributed by atoms with Crippen molar-refractivity contribution in [2.75, 3.05) is 5.32 Å². The number of hydrogen-bond donors (Lipinski definition) is 2. The van der Waals surface area contributed by atoms with Crippen LogP contribution in [0.4, 0.5) is 32.0 Å². The van der Waals surface area contributed by atoms with E-state index in [4.69, 9.17) is 11.6 Å². The lowest BCUT2D eigenvalue weighted by molar-refractivity contribution is -0.144. The molecule has 2 atom stereocenters.